The van der Waals surface area contributed by atoms with E-state index in [2.05, 4.69) is 178 Å². The highest BCUT2D eigenvalue weighted by Crippen LogP contribution is 2.41. The highest BCUT2D eigenvalue weighted by Gasteiger charge is 2.24. The van der Waals surface area contributed by atoms with E-state index in [4.69, 9.17) is 19.4 Å². The van der Waals surface area contributed by atoms with Gasteiger partial charge in [-0.05, 0) is 52.7 Å². The largest absolute Gasteiger partial charge is 0.455 e. The van der Waals surface area contributed by atoms with Crippen molar-refractivity contribution >= 4 is 145 Å². The molecule has 4 heterocycles. The van der Waals surface area contributed by atoms with Crippen molar-refractivity contribution in [2.75, 3.05) is 0 Å². The number of benzene rings is 8. The summed E-state index contributed by atoms with van der Waals surface area (Å²) in [7, 11) is 13.5. The molecule has 12 aromatic rings. The molecule has 0 saturated heterocycles. The average Bonchev–Trinajstić information content (AvgIpc) is 3.99. The zero-order valence-electron chi connectivity index (χ0n) is 36.1. The molecule has 12 rings (SSSR count). The first kappa shape index (κ1) is 37.3. The summed E-state index contributed by atoms with van der Waals surface area (Å²) < 4.78 is 11.7. The monoisotopic (exact) mass is 801 g/mol. The minimum atomic E-state index is 0.560. The highest BCUT2D eigenvalue weighted by molar-refractivity contribution is 6.62. The number of para-hydroxylation sites is 2. The second-order valence-electron chi connectivity index (χ2n) is 17.1. The van der Waals surface area contributed by atoms with Crippen LogP contribution in [0.2, 0.25) is 0 Å². The van der Waals surface area contributed by atoms with E-state index in [1.165, 1.54) is 54.6 Å². The topological polar surface area (TPSA) is 61.7 Å². The lowest BCUT2D eigenvalue weighted by atomic mass is 9.71. The van der Waals surface area contributed by atoms with E-state index in [1.807, 2.05) is 30.3 Å². The van der Waals surface area contributed by atoms with Crippen LogP contribution < -0.4 is 32.8 Å². The number of furan rings is 1. The van der Waals surface area contributed by atoms with Gasteiger partial charge in [-0.3, -0.25) is 4.57 Å². The van der Waals surface area contributed by atoms with Gasteiger partial charge >= 0.3 is 0 Å². The van der Waals surface area contributed by atoms with Crippen LogP contribution >= 0.6 is 0 Å². The highest BCUT2D eigenvalue weighted by atomic mass is 16.3. The zero-order valence-corrected chi connectivity index (χ0v) is 36.1. The van der Waals surface area contributed by atoms with Gasteiger partial charge in [-0.15, -0.1) is 0 Å². The van der Waals surface area contributed by atoms with Gasteiger partial charge in [0.1, 0.15) is 58.2 Å². The summed E-state index contributed by atoms with van der Waals surface area (Å²) in [5.41, 5.74) is 19.0. The third kappa shape index (κ3) is 5.63. The van der Waals surface area contributed by atoms with Crippen LogP contribution in [0.25, 0.3) is 111 Å². The van der Waals surface area contributed by atoms with E-state index in [0.717, 1.165) is 71.7 Å². The summed E-state index contributed by atoms with van der Waals surface area (Å²) in [4.78, 5) is 15.5. The Morgan fingerprint density at radius 3 is 1.56 bits per heavy atom. The number of hydrogen-bond donors (Lipinski definition) is 0. The Kier molecular flexibility index (Phi) is 8.32. The molecular formula is C51H37B6N5O. The van der Waals surface area contributed by atoms with Crippen molar-refractivity contribution in [3.8, 4) is 45.5 Å². The Morgan fingerprint density at radius 2 is 0.952 bits per heavy atom. The second-order valence-corrected chi connectivity index (χ2v) is 17.1. The van der Waals surface area contributed by atoms with Gasteiger partial charge in [-0.2, -0.15) is 9.97 Å². The molecule has 12 heteroatoms. The van der Waals surface area contributed by atoms with Crippen LogP contribution in [-0.4, -0.2) is 71.2 Å². The first-order valence-electron chi connectivity index (χ1n) is 21.6. The first-order valence-corrected chi connectivity index (χ1v) is 21.6. The molecule has 0 aliphatic heterocycles. The maximum absolute atomic E-state index is 7.01. The molecule has 0 N–H and O–H groups in total. The minimum absolute atomic E-state index is 0.560. The van der Waals surface area contributed by atoms with Crippen molar-refractivity contribution in [3.05, 3.63) is 152 Å². The molecule has 0 fully saturated rings. The van der Waals surface area contributed by atoms with Crippen LogP contribution in [0.5, 0.6) is 0 Å². The SMILES string of the molecule is Bc1cc(B)c2c(c1B)c1c(B)c(B)cc(B)c1n2-c1cc(-c2ccccc2)c2oc3cc(-c4nc(-c5ccccc5)nc(-n5c6ccccc6c6ccccc65)n4)ccc3c2c1. The molecule has 0 saturated carbocycles. The lowest BCUT2D eigenvalue weighted by molar-refractivity contribution is 0.670. The van der Waals surface area contributed by atoms with Gasteiger partial charge in [-0.25, -0.2) is 4.98 Å². The van der Waals surface area contributed by atoms with Crippen LogP contribution in [0.1, 0.15) is 0 Å². The van der Waals surface area contributed by atoms with Crippen molar-refractivity contribution in [3.63, 3.8) is 0 Å². The molecule has 4 aromatic heterocycles. The lowest BCUT2D eigenvalue weighted by Crippen LogP contribution is -2.33. The molecule has 0 aliphatic carbocycles. The number of aromatic nitrogens is 5. The van der Waals surface area contributed by atoms with E-state index < -0.39 is 0 Å². The van der Waals surface area contributed by atoms with E-state index in [0.29, 0.717) is 17.6 Å². The average molecular weight is 801 g/mol. The van der Waals surface area contributed by atoms with Crippen LogP contribution in [0.15, 0.2) is 156 Å². The molecule has 0 radical (unpaired) electrons. The van der Waals surface area contributed by atoms with Crippen LogP contribution in [0, 0.1) is 0 Å². The molecular weight excluding hydrogens is 763 g/mol. The smallest absolute Gasteiger partial charge is 0.238 e. The molecule has 0 spiro atoms. The summed E-state index contributed by atoms with van der Waals surface area (Å²) in [6.45, 7) is 0. The van der Waals surface area contributed by atoms with Gasteiger partial charge in [0, 0.05) is 55.0 Å². The van der Waals surface area contributed by atoms with E-state index >= 15 is 0 Å². The van der Waals surface area contributed by atoms with Gasteiger partial charge in [-0.1, -0.05) is 148 Å². The predicted octanol–water partition coefficient (Wildman–Crippen LogP) is 2.52. The number of hydrogen-bond acceptors (Lipinski definition) is 4. The second kappa shape index (κ2) is 14.0. The van der Waals surface area contributed by atoms with Crippen molar-refractivity contribution in [2.45, 2.75) is 0 Å². The summed E-state index contributed by atoms with van der Waals surface area (Å²) >= 11 is 0. The molecule has 0 atom stereocenters. The fraction of sp³-hybridized carbons (Fsp3) is 0. The molecule has 0 amide bonds. The number of rotatable bonds is 5. The van der Waals surface area contributed by atoms with Crippen molar-refractivity contribution in [1.82, 2.24) is 24.1 Å². The van der Waals surface area contributed by atoms with E-state index in [-0.39, 0.29) is 0 Å². The van der Waals surface area contributed by atoms with Crippen LogP contribution in [0.4, 0.5) is 0 Å². The van der Waals surface area contributed by atoms with Crippen LogP contribution in [-0.2, 0) is 0 Å². The Bertz CT molecular complexity index is 3760. The number of fused-ring (bicyclic) bond motifs is 9. The van der Waals surface area contributed by atoms with E-state index in [1.54, 1.807) is 0 Å². The maximum Gasteiger partial charge on any atom is 0.238 e. The molecule has 6 nitrogen and oxygen atoms in total. The Morgan fingerprint density at radius 1 is 0.413 bits per heavy atom. The fourth-order valence-corrected chi connectivity index (χ4v) is 10.1. The molecule has 0 unspecified atom stereocenters. The summed E-state index contributed by atoms with van der Waals surface area (Å²) in [6, 6.07) is 53.3. The summed E-state index contributed by atoms with van der Waals surface area (Å²) in [5.74, 6) is 1.73. The fourth-order valence-electron chi connectivity index (χ4n) is 10.1. The first-order chi connectivity index (χ1) is 30.7. The Balaban J connectivity index is 1.12. The van der Waals surface area contributed by atoms with Crippen molar-refractivity contribution < 1.29 is 4.42 Å². The molecule has 0 aliphatic rings. The summed E-state index contributed by atoms with van der Waals surface area (Å²) in [5, 5.41) is 7.05. The van der Waals surface area contributed by atoms with Gasteiger partial charge in [0.05, 0.1) is 11.0 Å². The third-order valence-electron chi connectivity index (χ3n) is 13.3. The van der Waals surface area contributed by atoms with Crippen molar-refractivity contribution in [1.29, 1.82) is 0 Å². The van der Waals surface area contributed by atoms with E-state index in [9.17, 15) is 0 Å². The summed E-state index contributed by atoms with van der Waals surface area (Å²) in [6.07, 6.45) is 0. The molecule has 0 bridgehead atoms. The zero-order chi connectivity index (χ0) is 42.7. The third-order valence-corrected chi connectivity index (χ3v) is 13.3. The predicted molar refractivity (Wildman–Crippen MR) is 281 cm³/mol. The molecule has 8 aromatic carbocycles. The number of nitrogens with zero attached hydrogens (tertiary/aromatic N) is 5. The van der Waals surface area contributed by atoms with Gasteiger partial charge in [0.25, 0.3) is 0 Å². The van der Waals surface area contributed by atoms with Crippen LogP contribution in [0.3, 0.4) is 0 Å². The Labute approximate surface area is 369 Å². The standard InChI is InChI=1S/C51H37B6N5O/c52-35-24-37(54)46-42(44(35)56)43-45(57)36(53)25-38(55)47(43)61(46)29-22-33(26-11-3-1-4-12-26)48-34(23-29)32-20-19-28(21-41(32)63-48)50-58-49(27-13-5-2-6-14-27)59-51(60-50)62-39-17-9-7-15-30(39)31-16-8-10-18-40(31)62/h1-25H,52-57H2. The maximum atomic E-state index is 7.01. The van der Waals surface area contributed by atoms with Crippen molar-refractivity contribution in [2.24, 2.45) is 0 Å². The van der Waals surface area contributed by atoms with Gasteiger partial charge in [0.2, 0.25) is 5.95 Å². The van der Waals surface area contributed by atoms with Gasteiger partial charge in [0.15, 0.2) is 11.6 Å². The minimum Gasteiger partial charge on any atom is -0.455 e. The normalized spacial score (nSPS) is 11.9. The molecule has 290 valence electrons. The van der Waals surface area contributed by atoms with Gasteiger partial charge < -0.3 is 8.98 Å². The Hall–Kier alpha value is -7.44. The molecule has 63 heavy (non-hydrogen) atoms. The lowest BCUT2D eigenvalue weighted by Gasteiger charge is -2.15. The quantitative estimate of drug-likeness (QED) is 0.252.